The monoisotopic (exact) mass is 378 g/mol. The van der Waals surface area contributed by atoms with Crippen molar-refractivity contribution in [1.82, 2.24) is 9.97 Å². The number of aromatic nitrogens is 2. The van der Waals surface area contributed by atoms with Gasteiger partial charge < -0.3 is 10.5 Å². The maximum Gasteiger partial charge on any atom is 0.361 e. The molecule has 2 N–H and O–H groups in total. The lowest BCUT2D eigenvalue weighted by Gasteiger charge is -2.30. The standard InChI is InChI=1S/C19H14N4O3S/c20-18-17(21-9-10-22-18)19(25)26-11-16(24)23-12-5-1-3-7-14(12)27-15-8-4-2-6-13(15)23/h1-10H,11H2,(H2,20,22). The van der Waals surface area contributed by atoms with Gasteiger partial charge in [0.15, 0.2) is 18.1 Å². The van der Waals surface area contributed by atoms with Crippen LogP contribution in [0, 0.1) is 0 Å². The summed E-state index contributed by atoms with van der Waals surface area (Å²) in [7, 11) is 0. The quantitative estimate of drug-likeness (QED) is 0.699. The Morgan fingerprint density at radius 3 is 2.19 bits per heavy atom. The molecule has 1 aliphatic heterocycles. The molecule has 2 heterocycles. The fourth-order valence-corrected chi connectivity index (χ4v) is 3.80. The molecule has 134 valence electrons. The van der Waals surface area contributed by atoms with Gasteiger partial charge in [0.25, 0.3) is 5.91 Å². The van der Waals surface area contributed by atoms with Gasteiger partial charge in [-0.3, -0.25) is 9.69 Å². The summed E-state index contributed by atoms with van der Waals surface area (Å²) in [5.41, 5.74) is 7.02. The highest BCUT2D eigenvalue weighted by molar-refractivity contribution is 7.99. The number of hydrogen-bond donors (Lipinski definition) is 1. The first-order valence-corrected chi connectivity index (χ1v) is 8.89. The van der Waals surface area contributed by atoms with Crippen molar-refractivity contribution in [2.75, 3.05) is 17.2 Å². The van der Waals surface area contributed by atoms with Crippen LogP contribution >= 0.6 is 11.8 Å². The molecule has 1 amide bonds. The Morgan fingerprint density at radius 2 is 1.56 bits per heavy atom. The molecule has 0 saturated carbocycles. The molecule has 0 fully saturated rings. The van der Waals surface area contributed by atoms with Gasteiger partial charge in [0, 0.05) is 22.2 Å². The Morgan fingerprint density at radius 1 is 0.963 bits per heavy atom. The second kappa shape index (κ2) is 7.08. The van der Waals surface area contributed by atoms with Gasteiger partial charge in [-0.15, -0.1) is 0 Å². The third-order valence-electron chi connectivity index (χ3n) is 3.93. The van der Waals surface area contributed by atoms with Gasteiger partial charge in [-0.25, -0.2) is 14.8 Å². The third kappa shape index (κ3) is 3.22. The highest BCUT2D eigenvalue weighted by atomic mass is 32.2. The number of nitrogens with zero attached hydrogens (tertiary/aromatic N) is 3. The molecular formula is C19H14N4O3S. The maximum absolute atomic E-state index is 12.9. The van der Waals surface area contributed by atoms with Crippen LogP contribution in [0.3, 0.4) is 0 Å². The molecule has 0 bridgehead atoms. The summed E-state index contributed by atoms with van der Waals surface area (Å²) < 4.78 is 5.13. The highest BCUT2D eigenvalue weighted by Gasteiger charge is 2.28. The number of esters is 1. The number of hydrogen-bond acceptors (Lipinski definition) is 7. The summed E-state index contributed by atoms with van der Waals surface area (Å²) >= 11 is 1.59. The van der Waals surface area contributed by atoms with Crippen LogP contribution in [0.15, 0.2) is 70.7 Å². The number of benzene rings is 2. The van der Waals surface area contributed by atoms with E-state index in [2.05, 4.69) is 9.97 Å². The summed E-state index contributed by atoms with van der Waals surface area (Å²) in [4.78, 5) is 36.2. The number of carbonyl (C=O) groups is 2. The van der Waals surface area contributed by atoms with Crippen LogP contribution in [-0.2, 0) is 9.53 Å². The van der Waals surface area contributed by atoms with E-state index >= 15 is 0 Å². The number of carbonyl (C=O) groups excluding carboxylic acids is 2. The lowest BCUT2D eigenvalue weighted by atomic mass is 10.2. The number of nitrogens with two attached hydrogens (primary N) is 1. The molecule has 1 aromatic heterocycles. The van der Waals surface area contributed by atoms with Crippen LogP contribution in [0.4, 0.5) is 17.2 Å². The summed E-state index contributed by atoms with van der Waals surface area (Å²) in [6, 6.07) is 15.2. The number of ether oxygens (including phenoxy) is 1. The summed E-state index contributed by atoms with van der Waals surface area (Å²) in [6.45, 7) is -0.442. The van der Waals surface area contributed by atoms with Crippen LogP contribution in [-0.4, -0.2) is 28.5 Å². The lowest BCUT2D eigenvalue weighted by molar-refractivity contribution is -0.121. The molecule has 0 aliphatic carbocycles. The molecule has 0 saturated heterocycles. The number of amides is 1. The first kappa shape index (κ1) is 17.0. The SMILES string of the molecule is Nc1nccnc1C(=O)OCC(=O)N1c2ccccc2Sc2ccccc21. The second-order valence-corrected chi connectivity index (χ2v) is 6.72. The topological polar surface area (TPSA) is 98.4 Å². The van der Waals surface area contributed by atoms with Crippen LogP contribution < -0.4 is 10.6 Å². The molecule has 0 unspecified atom stereocenters. The molecule has 4 rings (SSSR count). The van der Waals surface area contributed by atoms with Gasteiger partial charge >= 0.3 is 5.97 Å². The Labute approximate surface area is 159 Å². The number of anilines is 3. The largest absolute Gasteiger partial charge is 0.451 e. The van der Waals surface area contributed by atoms with E-state index in [9.17, 15) is 9.59 Å². The van der Waals surface area contributed by atoms with Crippen molar-refractivity contribution in [3.05, 3.63) is 66.6 Å². The number of fused-ring (bicyclic) bond motifs is 2. The first-order chi connectivity index (χ1) is 13.1. The molecule has 7 nitrogen and oxygen atoms in total. The van der Waals surface area contributed by atoms with Crippen LogP contribution in [0.5, 0.6) is 0 Å². The highest BCUT2D eigenvalue weighted by Crippen LogP contribution is 2.47. The van der Waals surface area contributed by atoms with E-state index in [1.807, 2.05) is 48.5 Å². The zero-order valence-electron chi connectivity index (χ0n) is 14.0. The summed E-state index contributed by atoms with van der Waals surface area (Å²) in [6.07, 6.45) is 2.71. The van der Waals surface area contributed by atoms with E-state index in [0.717, 1.165) is 21.2 Å². The average molecular weight is 378 g/mol. The predicted octanol–water partition coefficient (Wildman–Crippen LogP) is 3.05. The Hall–Kier alpha value is -3.39. The van der Waals surface area contributed by atoms with Gasteiger partial charge in [0.1, 0.15) is 0 Å². The third-order valence-corrected chi connectivity index (χ3v) is 5.06. The van der Waals surface area contributed by atoms with E-state index in [1.165, 1.54) is 12.4 Å². The minimum absolute atomic E-state index is 0.0417. The molecule has 8 heteroatoms. The molecule has 1 aliphatic rings. The predicted molar refractivity (Wildman–Crippen MR) is 101 cm³/mol. The molecular weight excluding hydrogens is 364 g/mol. The van der Waals surface area contributed by atoms with Crippen LogP contribution in [0.2, 0.25) is 0 Å². The van der Waals surface area contributed by atoms with Crippen LogP contribution in [0.1, 0.15) is 10.5 Å². The molecule has 3 aromatic rings. The second-order valence-electron chi connectivity index (χ2n) is 5.63. The average Bonchev–Trinajstić information content (AvgIpc) is 2.70. The van der Waals surface area contributed by atoms with Crippen molar-refractivity contribution in [2.45, 2.75) is 9.79 Å². The van der Waals surface area contributed by atoms with Crippen molar-refractivity contribution in [1.29, 1.82) is 0 Å². The maximum atomic E-state index is 12.9. The fourth-order valence-electron chi connectivity index (χ4n) is 2.74. The Kier molecular flexibility index (Phi) is 4.47. The van der Waals surface area contributed by atoms with E-state index in [0.29, 0.717) is 0 Å². The van der Waals surface area contributed by atoms with Gasteiger partial charge in [-0.1, -0.05) is 36.0 Å². The van der Waals surface area contributed by atoms with Crippen LogP contribution in [0.25, 0.3) is 0 Å². The van der Waals surface area contributed by atoms with E-state index in [4.69, 9.17) is 10.5 Å². The number of nitrogen functional groups attached to an aromatic ring is 1. The van der Waals surface area contributed by atoms with E-state index < -0.39 is 12.6 Å². The smallest absolute Gasteiger partial charge is 0.361 e. The normalized spacial score (nSPS) is 12.1. The van der Waals surface area contributed by atoms with Gasteiger partial charge in [0.2, 0.25) is 0 Å². The van der Waals surface area contributed by atoms with Gasteiger partial charge in [-0.05, 0) is 24.3 Å². The zero-order chi connectivity index (χ0) is 18.8. The molecule has 27 heavy (non-hydrogen) atoms. The van der Waals surface area contributed by atoms with Crippen molar-refractivity contribution in [3.8, 4) is 0 Å². The molecule has 0 spiro atoms. The molecule has 0 atom stereocenters. The lowest BCUT2D eigenvalue weighted by Crippen LogP contribution is -2.32. The minimum atomic E-state index is -0.790. The van der Waals surface area contributed by atoms with Crippen molar-refractivity contribution in [3.63, 3.8) is 0 Å². The first-order valence-electron chi connectivity index (χ1n) is 8.07. The van der Waals surface area contributed by atoms with Crippen molar-refractivity contribution in [2.24, 2.45) is 0 Å². The molecule has 0 radical (unpaired) electrons. The van der Waals surface area contributed by atoms with Crippen molar-refractivity contribution < 1.29 is 14.3 Å². The number of para-hydroxylation sites is 2. The number of rotatable bonds is 3. The van der Waals surface area contributed by atoms with E-state index in [-0.39, 0.29) is 17.4 Å². The van der Waals surface area contributed by atoms with Crippen molar-refractivity contribution >= 4 is 40.8 Å². The zero-order valence-corrected chi connectivity index (χ0v) is 14.8. The minimum Gasteiger partial charge on any atom is -0.451 e. The molecule has 2 aromatic carbocycles. The fraction of sp³-hybridized carbons (Fsp3) is 0.0526. The van der Waals surface area contributed by atoms with E-state index in [1.54, 1.807) is 16.7 Å². The van der Waals surface area contributed by atoms with Gasteiger partial charge in [-0.2, -0.15) is 0 Å². The summed E-state index contributed by atoms with van der Waals surface area (Å²) in [5, 5.41) is 0. The van der Waals surface area contributed by atoms with Gasteiger partial charge in [0.05, 0.1) is 11.4 Å². The summed E-state index contributed by atoms with van der Waals surface area (Å²) in [5.74, 6) is -1.20. The Balaban J connectivity index is 1.59. The Bertz CT molecular complexity index is 995.